The van der Waals surface area contributed by atoms with E-state index in [1.165, 1.54) is 0 Å². The molecule has 2 N–H and O–H groups in total. The molecule has 0 bridgehead atoms. The summed E-state index contributed by atoms with van der Waals surface area (Å²) in [6.07, 6.45) is 3.03. The van der Waals surface area contributed by atoms with E-state index in [-0.39, 0.29) is 11.9 Å². The third-order valence-corrected chi connectivity index (χ3v) is 8.89. The normalized spacial score (nSPS) is 29.6. The average Bonchev–Trinajstić information content (AvgIpc) is 2.88. The van der Waals surface area contributed by atoms with E-state index in [1.54, 1.807) is 7.11 Å². The van der Waals surface area contributed by atoms with Crippen molar-refractivity contribution in [2.24, 2.45) is 5.92 Å². The molecule has 0 aromatic heterocycles. The molecule has 1 amide bonds. The van der Waals surface area contributed by atoms with Gasteiger partial charge in [-0.2, -0.15) is 0 Å². The first kappa shape index (κ1) is 25.7. The molecular weight excluding hydrogens is 460 g/mol. The van der Waals surface area contributed by atoms with E-state index in [9.17, 15) is 9.90 Å². The monoisotopic (exact) mass is 501 g/mol. The molecule has 2 fully saturated rings. The maximum atomic E-state index is 13.4. The minimum absolute atomic E-state index is 0.00704. The zero-order valence-corrected chi connectivity index (χ0v) is 22.7. The lowest BCUT2D eigenvalue weighted by atomic mass is 9.54. The molecule has 4 atom stereocenters. The number of rotatable bonds is 6. The molecule has 1 saturated heterocycles. The number of hydrogen-bond donors (Lipinski definition) is 2. The van der Waals surface area contributed by atoms with Crippen LogP contribution in [0.4, 0.5) is 0 Å². The molecule has 1 unspecified atom stereocenters. The Balaban J connectivity index is 1.45. The van der Waals surface area contributed by atoms with E-state index in [0.29, 0.717) is 17.9 Å². The van der Waals surface area contributed by atoms with Crippen LogP contribution in [0.3, 0.4) is 0 Å². The highest BCUT2D eigenvalue weighted by Crippen LogP contribution is 2.53. The SMILES string of the molecule is COc1cccc([C@]23CC[N@@+](C)(CC(C)C)CC2(O)CC[C@@H](NC(=O)c2ccc4ccccc4c2)C3)c1. The second-order valence-corrected chi connectivity index (χ2v) is 12.1. The highest BCUT2D eigenvalue weighted by Gasteiger charge is 2.61. The fourth-order valence-corrected chi connectivity index (χ4v) is 7.31. The highest BCUT2D eigenvalue weighted by atomic mass is 16.5. The van der Waals surface area contributed by atoms with Gasteiger partial charge in [-0.05, 0) is 59.9 Å². The van der Waals surface area contributed by atoms with Gasteiger partial charge in [0.15, 0.2) is 0 Å². The average molecular weight is 502 g/mol. The third kappa shape index (κ3) is 4.87. The van der Waals surface area contributed by atoms with Crippen LogP contribution in [0.1, 0.15) is 55.5 Å². The molecule has 5 heteroatoms. The van der Waals surface area contributed by atoms with Gasteiger partial charge in [0.2, 0.25) is 0 Å². The number of likely N-dealkylation sites (tertiary alicyclic amines) is 1. The van der Waals surface area contributed by atoms with Crippen molar-refractivity contribution in [1.29, 1.82) is 0 Å². The molecule has 1 aliphatic carbocycles. The molecule has 0 spiro atoms. The Bertz CT molecular complexity index is 1290. The van der Waals surface area contributed by atoms with Crippen LogP contribution in [-0.4, -0.2) is 60.9 Å². The fourth-order valence-electron chi connectivity index (χ4n) is 7.31. The Morgan fingerprint density at radius 1 is 1.08 bits per heavy atom. The summed E-state index contributed by atoms with van der Waals surface area (Å²) in [5.41, 5.74) is 0.524. The van der Waals surface area contributed by atoms with Crippen molar-refractivity contribution in [2.45, 2.75) is 56.6 Å². The quantitative estimate of drug-likeness (QED) is 0.450. The first-order chi connectivity index (χ1) is 17.7. The van der Waals surface area contributed by atoms with Crippen LogP contribution in [-0.2, 0) is 5.41 Å². The number of carbonyl (C=O) groups is 1. The number of carbonyl (C=O) groups excluding carboxylic acids is 1. The Morgan fingerprint density at radius 3 is 2.62 bits per heavy atom. The summed E-state index contributed by atoms with van der Waals surface area (Å²) in [4.78, 5) is 13.4. The van der Waals surface area contributed by atoms with Gasteiger partial charge in [-0.15, -0.1) is 0 Å². The first-order valence-electron chi connectivity index (χ1n) is 13.7. The summed E-state index contributed by atoms with van der Waals surface area (Å²) >= 11 is 0. The molecule has 1 heterocycles. The van der Waals surface area contributed by atoms with Crippen LogP contribution >= 0.6 is 0 Å². The van der Waals surface area contributed by atoms with Gasteiger partial charge in [0.25, 0.3) is 5.91 Å². The van der Waals surface area contributed by atoms with E-state index in [2.05, 4.69) is 44.4 Å². The summed E-state index contributed by atoms with van der Waals surface area (Å²) in [6.45, 7) is 7.31. The number of benzene rings is 3. The Labute approximate surface area is 221 Å². The van der Waals surface area contributed by atoms with E-state index < -0.39 is 11.0 Å². The smallest absolute Gasteiger partial charge is 0.251 e. The Morgan fingerprint density at radius 2 is 1.86 bits per heavy atom. The summed E-state index contributed by atoms with van der Waals surface area (Å²) in [5.74, 6) is 1.33. The van der Waals surface area contributed by atoms with Crippen LogP contribution in [0.15, 0.2) is 66.7 Å². The van der Waals surface area contributed by atoms with E-state index in [4.69, 9.17) is 4.74 Å². The number of quaternary nitrogens is 1. The standard InChI is InChI=1S/C32H40N2O3/c1-23(2)21-34(3)17-16-31(27-10-7-11-29(19-27)37-4)20-28(14-15-32(31,36)22-34)33-30(35)26-13-12-24-8-5-6-9-25(24)18-26/h5-13,18-19,23,28,36H,14-17,20-22H2,1-4H3/p+1/t28-,31-,32?,34+/m1/s1. The number of amides is 1. The number of piperidine rings is 1. The lowest BCUT2D eigenvalue weighted by molar-refractivity contribution is -0.926. The van der Waals surface area contributed by atoms with Gasteiger partial charge in [-0.1, -0.05) is 56.3 Å². The van der Waals surface area contributed by atoms with Crippen molar-refractivity contribution < 1.29 is 19.1 Å². The molecule has 3 aromatic carbocycles. The van der Waals surface area contributed by atoms with E-state index in [1.807, 2.05) is 48.5 Å². The van der Waals surface area contributed by atoms with Crippen molar-refractivity contribution in [3.63, 3.8) is 0 Å². The van der Waals surface area contributed by atoms with Crippen LogP contribution in [0, 0.1) is 5.92 Å². The van der Waals surface area contributed by atoms with Crippen LogP contribution in [0.2, 0.25) is 0 Å². The molecule has 5 nitrogen and oxygen atoms in total. The van der Waals surface area contributed by atoms with Gasteiger partial charge in [0.05, 0.1) is 27.2 Å². The number of likely N-dealkylation sites (N-methyl/N-ethyl adjacent to an activating group) is 1. The zero-order chi connectivity index (χ0) is 26.3. The predicted molar refractivity (Wildman–Crippen MR) is 149 cm³/mol. The van der Waals surface area contributed by atoms with Crippen LogP contribution < -0.4 is 10.1 Å². The number of fused-ring (bicyclic) bond motifs is 2. The molecule has 0 radical (unpaired) electrons. The van der Waals surface area contributed by atoms with Gasteiger partial charge in [-0.25, -0.2) is 0 Å². The van der Waals surface area contributed by atoms with Crippen molar-refractivity contribution in [1.82, 2.24) is 5.32 Å². The number of nitrogens with zero attached hydrogens (tertiary/aromatic N) is 1. The van der Waals surface area contributed by atoms with Gasteiger partial charge >= 0.3 is 0 Å². The molecule has 37 heavy (non-hydrogen) atoms. The summed E-state index contributed by atoms with van der Waals surface area (Å²) in [7, 11) is 3.98. The second-order valence-electron chi connectivity index (χ2n) is 12.1. The van der Waals surface area contributed by atoms with Crippen molar-refractivity contribution in [3.8, 4) is 5.75 Å². The minimum atomic E-state index is -0.842. The maximum absolute atomic E-state index is 13.4. The molecule has 196 valence electrons. The number of hydrogen-bond acceptors (Lipinski definition) is 3. The molecular formula is C32H41N2O3+. The van der Waals surface area contributed by atoms with Gasteiger partial charge < -0.3 is 19.6 Å². The van der Waals surface area contributed by atoms with Gasteiger partial charge in [0, 0.05) is 29.4 Å². The lowest BCUT2D eigenvalue weighted by Gasteiger charge is -2.60. The third-order valence-electron chi connectivity index (χ3n) is 8.89. The molecule has 2 aliphatic rings. The molecule has 1 aliphatic heterocycles. The van der Waals surface area contributed by atoms with Gasteiger partial charge in [-0.3, -0.25) is 4.79 Å². The molecule has 1 saturated carbocycles. The summed E-state index contributed by atoms with van der Waals surface area (Å²) in [5, 5.41) is 18.0. The number of methoxy groups -OCH3 is 1. The fraction of sp³-hybridized carbons (Fsp3) is 0.469. The van der Waals surface area contributed by atoms with Crippen molar-refractivity contribution in [2.75, 3.05) is 33.8 Å². The zero-order valence-electron chi connectivity index (χ0n) is 22.7. The largest absolute Gasteiger partial charge is 0.497 e. The number of ether oxygens (including phenoxy) is 1. The van der Waals surface area contributed by atoms with Crippen molar-refractivity contribution in [3.05, 3.63) is 77.9 Å². The van der Waals surface area contributed by atoms with Crippen LogP contribution in [0.5, 0.6) is 5.75 Å². The van der Waals surface area contributed by atoms with E-state index in [0.717, 1.165) is 65.5 Å². The summed E-state index contributed by atoms with van der Waals surface area (Å²) in [6, 6.07) is 22.2. The lowest BCUT2D eigenvalue weighted by Crippen LogP contribution is -2.71. The Kier molecular flexibility index (Phi) is 6.80. The predicted octanol–water partition coefficient (Wildman–Crippen LogP) is 5.31. The maximum Gasteiger partial charge on any atom is 0.251 e. The number of aliphatic hydroxyl groups is 1. The molecule has 3 aromatic rings. The highest BCUT2D eigenvalue weighted by molar-refractivity contribution is 5.98. The number of nitrogens with one attached hydrogen (secondary N) is 1. The first-order valence-corrected chi connectivity index (χ1v) is 13.7. The van der Waals surface area contributed by atoms with Gasteiger partial charge in [0.1, 0.15) is 17.9 Å². The minimum Gasteiger partial charge on any atom is -0.497 e. The summed E-state index contributed by atoms with van der Waals surface area (Å²) < 4.78 is 6.46. The van der Waals surface area contributed by atoms with Crippen molar-refractivity contribution >= 4 is 16.7 Å². The molecule has 5 rings (SSSR count). The van der Waals surface area contributed by atoms with Crippen LogP contribution in [0.25, 0.3) is 10.8 Å². The van der Waals surface area contributed by atoms with E-state index >= 15 is 0 Å². The second kappa shape index (κ2) is 9.77. The Hall–Kier alpha value is -2.89. The topological polar surface area (TPSA) is 58.6 Å².